The summed E-state index contributed by atoms with van der Waals surface area (Å²) in [6.45, 7) is 0. The third kappa shape index (κ3) is 1.01. The fourth-order valence-corrected chi connectivity index (χ4v) is 2.17. The van der Waals surface area contributed by atoms with E-state index in [9.17, 15) is 0 Å². The highest BCUT2D eigenvalue weighted by Crippen LogP contribution is 2.37. The molecule has 0 amide bonds. The van der Waals surface area contributed by atoms with Crippen molar-refractivity contribution >= 4 is 28.4 Å². The minimum atomic E-state index is 1.14. The molecule has 0 spiro atoms. The number of hydrogen-bond donors (Lipinski definition) is 1. The van der Waals surface area contributed by atoms with Crippen LogP contribution in [0.15, 0.2) is 41.3 Å². The van der Waals surface area contributed by atoms with Crippen molar-refractivity contribution in [3.8, 4) is 0 Å². The quantitative estimate of drug-likeness (QED) is 0.642. The first kappa shape index (κ1) is 7.24. The maximum absolute atomic E-state index is 4.07. The zero-order valence-electron chi connectivity index (χ0n) is 6.82. The molecule has 3 heteroatoms. The lowest BCUT2D eigenvalue weighted by molar-refractivity contribution is 1.24. The van der Waals surface area contributed by atoms with Crippen LogP contribution in [-0.4, -0.2) is 0 Å². The van der Waals surface area contributed by atoms with E-state index in [0.29, 0.717) is 0 Å². The van der Waals surface area contributed by atoms with Gasteiger partial charge in [-0.1, -0.05) is 35.2 Å². The molecular weight excluding hydrogens is 180 g/mol. The summed E-state index contributed by atoms with van der Waals surface area (Å²) in [4.78, 5) is 5.28. The molecule has 1 aliphatic rings. The number of fused-ring (bicyclic) bond motifs is 3. The van der Waals surface area contributed by atoms with Gasteiger partial charge in [-0.3, -0.25) is 5.43 Å². The van der Waals surface area contributed by atoms with Gasteiger partial charge in [-0.25, -0.2) is 0 Å². The normalized spacial score (nSPS) is 14.2. The van der Waals surface area contributed by atoms with Crippen LogP contribution in [0.3, 0.4) is 0 Å². The summed E-state index contributed by atoms with van der Waals surface area (Å²) in [5.41, 5.74) is 4.17. The van der Waals surface area contributed by atoms with Crippen molar-refractivity contribution in [2.24, 2.45) is 0 Å². The Labute approximate surface area is 80.4 Å². The van der Waals surface area contributed by atoms with Crippen LogP contribution in [-0.2, 0) is 0 Å². The molecule has 63 valence electrons. The first-order valence-electron chi connectivity index (χ1n) is 4.10. The molecule has 1 heterocycles. The van der Waals surface area contributed by atoms with E-state index < -0.39 is 0 Å². The lowest BCUT2D eigenvalue weighted by atomic mass is 10.1. The van der Waals surface area contributed by atoms with Crippen LogP contribution in [0.4, 0.5) is 5.69 Å². The SMILES string of the molecule is c1ccc2c3c(ccc2c1)S[N]N3. The highest BCUT2D eigenvalue weighted by atomic mass is 32.2. The highest BCUT2D eigenvalue weighted by molar-refractivity contribution is 7.97. The number of nitrogens with one attached hydrogen (secondary N) is 1. The van der Waals surface area contributed by atoms with Crippen LogP contribution in [0.1, 0.15) is 0 Å². The highest BCUT2D eigenvalue weighted by Gasteiger charge is 2.13. The summed E-state index contributed by atoms with van der Waals surface area (Å²) in [7, 11) is 0. The average Bonchev–Trinajstić information content (AvgIpc) is 2.65. The molecule has 0 atom stereocenters. The molecule has 2 aromatic rings. The fourth-order valence-electron chi connectivity index (χ4n) is 1.56. The Morgan fingerprint density at radius 3 is 3.00 bits per heavy atom. The van der Waals surface area contributed by atoms with Gasteiger partial charge in [-0.05, 0) is 11.5 Å². The Kier molecular flexibility index (Phi) is 1.48. The summed E-state index contributed by atoms with van der Waals surface area (Å²) in [6, 6.07) is 12.6. The van der Waals surface area contributed by atoms with Gasteiger partial charge in [-0.2, -0.15) is 0 Å². The zero-order valence-corrected chi connectivity index (χ0v) is 7.64. The lowest BCUT2D eigenvalue weighted by Gasteiger charge is -2.02. The molecule has 0 bridgehead atoms. The van der Waals surface area contributed by atoms with E-state index in [2.05, 4.69) is 34.5 Å². The maximum atomic E-state index is 4.07. The molecule has 0 saturated heterocycles. The van der Waals surface area contributed by atoms with Gasteiger partial charge in [0, 0.05) is 17.3 Å². The summed E-state index contributed by atoms with van der Waals surface area (Å²) >= 11 is 1.50. The van der Waals surface area contributed by atoms with Crippen LogP contribution in [0.5, 0.6) is 0 Å². The fraction of sp³-hybridized carbons (Fsp3) is 0. The second kappa shape index (κ2) is 2.65. The zero-order chi connectivity index (χ0) is 8.67. The second-order valence-electron chi connectivity index (χ2n) is 2.95. The van der Waals surface area contributed by atoms with E-state index >= 15 is 0 Å². The van der Waals surface area contributed by atoms with Crippen LogP contribution in [0, 0.1) is 0 Å². The minimum Gasteiger partial charge on any atom is -0.291 e. The molecule has 1 radical (unpaired) electrons. The molecule has 0 aromatic heterocycles. The van der Waals surface area contributed by atoms with Crippen LogP contribution >= 0.6 is 11.9 Å². The van der Waals surface area contributed by atoms with Gasteiger partial charge in [0.25, 0.3) is 0 Å². The average molecular weight is 187 g/mol. The van der Waals surface area contributed by atoms with Crippen LogP contribution in [0.25, 0.3) is 10.8 Å². The Morgan fingerprint density at radius 2 is 2.00 bits per heavy atom. The number of nitrogens with zero attached hydrogens (tertiary/aromatic N) is 1. The van der Waals surface area contributed by atoms with Gasteiger partial charge in [0.1, 0.15) is 0 Å². The lowest BCUT2D eigenvalue weighted by Crippen LogP contribution is -1.96. The Hall–Kier alpha value is -1.19. The minimum absolute atomic E-state index is 1.14. The number of rotatable bonds is 0. The molecule has 3 rings (SSSR count). The van der Waals surface area contributed by atoms with Gasteiger partial charge in [0.2, 0.25) is 0 Å². The van der Waals surface area contributed by atoms with Crippen molar-refractivity contribution in [2.75, 3.05) is 5.43 Å². The number of hydrogen-bond acceptors (Lipinski definition) is 2. The predicted octanol–water partition coefficient (Wildman–Crippen LogP) is 2.79. The van der Waals surface area contributed by atoms with Gasteiger partial charge in [0.05, 0.1) is 10.6 Å². The van der Waals surface area contributed by atoms with E-state index in [1.807, 2.05) is 12.1 Å². The summed E-state index contributed by atoms with van der Waals surface area (Å²) in [5.74, 6) is 0. The monoisotopic (exact) mass is 187 g/mol. The predicted molar refractivity (Wildman–Crippen MR) is 55.6 cm³/mol. The molecule has 1 N–H and O–H groups in total. The van der Waals surface area contributed by atoms with Crippen molar-refractivity contribution in [1.82, 2.24) is 4.83 Å². The standard InChI is InChI=1S/C10H7N2S/c1-2-4-8-7(3-1)5-6-9-10(8)11-12-13-9/h1-6,11H. The Balaban J connectivity index is 2.43. The van der Waals surface area contributed by atoms with E-state index in [1.54, 1.807) is 0 Å². The van der Waals surface area contributed by atoms with E-state index in [0.717, 1.165) is 5.69 Å². The third-order valence-corrected chi connectivity index (χ3v) is 2.91. The molecule has 0 unspecified atom stereocenters. The van der Waals surface area contributed by atoms with Crippen molar-refractivity contribution in [3.63, 3.8) is 0 Å². The molecule has 0 saturated carbocycles. The number of anilines is 1. The number of benzene rings is 2. The molecule has 1 aliphatic heterocycles. The van der Waals surface area contributed by atoms with Gasteiger partial charge >= 0.3 is 0 Å². The van der Waals surface area contributed by atoms with Gasteiger partial charge in [-0.15, -0.1) is 0 Å². The van der Waals surface area contributed by atoms with Gasteiger partial charge in [0.15, 0.2) is 0 Å². The molecular formula is C10H7N2S. The van der Waals surface area contributed by atoms with Crippen LogP contribution < -0.4 is 10.3 Å². The van der Waals surface area contributed by atoms with Crippen molar-refractivity contribution < 1.29 is 0 Å². The molecule has 2 nitrogen and oxygen atoms in total. The smallest absolute Gasteiger partial charge is 0.0742 e. The van der Waals surface area contributed by atoms with E-state index in [-0.39, 0.29) is 0 Å². The second-order valence-corrected chi connectivity index (χ2v) is 3.76. The molecule has 0 fully saturated rings. The molecule has 13 heavy (non-hydrogen) atoms. The third-order valence-electron chi connectivity index (χ3n) is 2.19. The summed E-state index contributed by atoms with van der Waals surface area (Å²) in [6.07, 6.45) is 0. The van der Waals surface area contributed by atoms with Crippen molar-refractivity contribution in [2.45, 2.75) is 4.90 Å². The first-order chi connectivity index (χ1) is 6.45. The van der Waals surface area contributed by atoms with Gasteiger partial charge < -0.3 is 0 Å². The largest absolute Gasteiger partial charge is 0.291 e. The summed E-state index contributed by atoms with van der Waals surface area (Å²) < 4.78 is 0. The Morgan fingerprint density at radius 1 is 1.08 bits per heavy atom. The summed E-state index contributed by atoms with van der Waals surface area (Å²) in [5, 5.41) is 2.50. The van der Waals surface area contributed by atoms with Crippen molar-refractivity contribution in [1.29, 1.82) is 0 Å². The Bertz CT molecular complexity index is 467. The molecule has 2 aromatic carbocycles. The van der Waals surface area contributed by atoms with Crippen molar-refractivity contribution in [3.05, 3.63) is 36.4 Å². The van der Waals surface area contributed by atoms with E-state index in [1.165, 1.54) is 27.6 Å². The maximum Gasteiger partial charge on any atom is 0.0742 e. The first-order valence-corrected chi connectivity index (χ1v) is 4.87. The van der Waals surface area contributed by atoms with E-state index in [4.69, 9.17) is 0 Å². The molecule has 0 aliphatic carbocycles. The van der Waals surface area contributed by atoms with Crippen LogP contribution in [0.2, 0.25) is 0 Å². The topological polar surface area (TPSA) is 26.1 Å².